The molecule has 0 saturated heterocycles. The van der Waals surface area contributed by atoms with Crippen molar-refractivity contribution in [2.75, 3.05) is 26.7 Å². The average Bonchev–Trinajstić information content (AvgIpc) is 2.90. The highest BCUT2D eigenvalue weighted by Gasteiger charge is 2.32. The highest BCUT2D eigenvalue weighted by atomic mass is 16.3. The third-order valence-corrected chi connectivity index (χ3v) is 4.55. The Morgan fingerprint density at radius 2 is 1.90 bits per heavy atom. The molecule has 3 nitrogen and oxygen atoms in total. The van der Waals surface area contributed by atoms with Crippen molar-refractivity contribution in [3.63, 3.8) is 0 Å². The Bertz CT molecular complexity index is 401. The van der Waals surface area contributed by atoms with Crippen molar-refractivity contribution in [1.29, 1.82) is 0 Å². The van der Waals surface area contributed by atoms with Gasteiger partial charge in [0.1, 0.15) is 0 Å². The zero-order valence-electron chi connectivity index (χ0n) is 13.5. The first-order chi connectivity index (χ1) is 10.1. The lowest BCUT2D eigenvalue weighted by Crippen LogP contribution is -2.40. The van der Waals surface area contributed by atoms with E-state index in [0.717, 1.165) is 38.9 Å². The van der Waals surface area contributed by atoms with Crippen molar-refractivity contribution in [1.82, 2.24) is 10.2 Å². The summed E-state index contributed by atoms with van der Waals surface area (Å²) in [6.45, 7) is 4.95. The molecule has 0 radical (unpaired) electrons. The van der Waals surface area contributed by atoms with Gasteiger partial charge in [-0.15, -0.1) is 0 Å². The van der Waals surface area contributed by atoms with E-state index in [1.807, 2.05) is 0 Å². The fourth-order valence-electron chi connectivity index (χ4n) is 3.44. The maximum Gasteiger partial charge on any atom is 0.0774 e. The van der Waals surface area contributed by atoms with E-state index < -0.39 is 5.60 Å². The molecule has 0 spiro atoms. The van der Waals surface area contributed by atoms with Crippen LogP contribution in [0.1, 0.15) is 50.6 Å². The molecule has 1 aromatic carbocycles. The summed E-state index contributed by atoms with van der Waals surface area (Å²) in [5.74, 6) is 0. The van der Waals surface area contributed by atoms with Crippen molar-refractivity contribution < 1.29 is 5.11 Å². The maximum atomic E-state index is 10.5. The predicted molar refractivity (Wildman–Crippen MR) is 88.4 cm³/mol. The van der Waals surface area contributed by atoms with Gasteiger partial charge < -0.3 is 15.3 Å². The number of nitrogens with one attached hydrogen (secondary N) is 1. The van der Waals surface area contributed by atoms with E-state index in [2.05, 4.69) is 54.5 Å². The molecule has 0 bridgehead atoms. The van der Waals surface area contributed by atoms with Crippen LogP contribution < -0.4 is 5.32 Å². The van der Waals surface area contributed by atoms with Crippen LogP contribution in [0.4, 0.5) is 0 Å². The Morgan fingerprint density at radius 3 is 2.52 bits per heavy atom. The summed E-state index contributed by atoms with van der Waals surface area (Å²) in [6, 6.07) is 11.1. The van der Waals surface area contributed by atoms with Gasteiger partial charge in [-0.2, -0.15) is 0 Å². The van der Waals surface area contributed by atoms with Crippen molar-refractivity contribution in [2.24, 2.45) is 0 Å². The second kappa shape index (κ2) is 7.92. The van der Waals surface area contributed by atoms with Gasteiger partial charge in [-0.05, 0) is 45.0 Å². The summed E-state index contributed by atoms with van der Waals surface area (Å²) in [7, 11) is 2.13. The first-order valence-corrected chi connectivity index (χ1v) is 8.32. The molecule has 0 aromatic heterocycles. The van der Waals surface area contributed by atoms with E-state index in [4.69, 9.17) is 0 Å². The fourth-order valence-corrected chi connectivity index (χ4v) is 3.44. The summed E-state index contributed by atoms with van der Waals surface area (Å²) >= 11 is 0. The van der Waals surface area contributed by atoms with E-state index in [1.165, 1.54) is 18.4 Å². The van der Waals surface area contributed by atoms with Crippen molar-refractivity contribution in [2.45, 2.75) is 50.7 Å². The molecule has 1 aromatic rings. The van der Waals surface area contributed by atoms with Crippen LogP contribution >= 0.6 is 0 Å². The number of nitrogens with zero attached hydrogens (tertiary/aromatic N) is 1. The SMILES string of the molecule is CCNC(CCN(C)CC1(O)CCCC1)c1ccccc1. The fraction of sp³-hybridized carbons (Fsp3) is 0.667. The molecular formula is C18H30N2O. The molecular weight excluding hydrogens is 260 g/mol. The summed E-state index contributed by atoms with van der Waals surface area (Å²) in [4.78, 5) is 2.29. The number of hydrogen-bond acceptors (Lipinski definition) is 3. The Labute approximate surface area is 129 Å². The van der Waals surface area contributed by atoms with Gasteiger partial charge in [0.25, 0.3) is 0 Å². The number of likely N-dealkylation sites (N-methyl/N-ethyl adjacent to an activating group) is 1. The van der Waals surface area contributed by atoms with Gasteiger partial charge in [-0.3, -0.25) is 0 Å². The van der Waals surface area contributed by atoms with Crippen LogP contribution in [0.25, 0.3) is 0 Å². The van der Waals surface area contributed by atoms with E-state index in [-0.39, 0.29) is 0 Å². The Kier molecular flexibility index (Phi) is 6.22. The van der Waals surface area contributed by atoms with Crippen LogP contribution in [0.2, 0.25) is 0 Å². The Hall–Kier alpha value is -0.900. The first-order valence-electron chi connectivity index (χ1n) is 8.32. The second-order valence-corrected chi connectivity index (χ2v) is 6.48. The van der Waals surface area contributed by atoms with Crippen molar-refractivity contribution >= 4 is 0 Å². The monoisotopic (exact) mass is 290 g/mol. The Morgan fingerprint density at radius 1 is 1.24 bits per heavy atom. The quantitative estimate of drug-likeness (QED) is 0.772. The number of benzene rings is 1. The van der Waals surface area contributed by atoms with Gasteiger partial charge in [0, 0.05) is 12.6 Å². The summed E-state index contributed by atoms with van der Waals surface area (Å²) in [5.41, 5.74) is 0.919. The molecule has 0 amide bonds. The lowest BCUT2D eigenvalue weighted by molar-refractivity contribution is 0.0156. The topological polar surface area (TPSA) is 35.5 Å². The highest BCUT2D eigenvalue weighted by molar-refractivity contribution is 5.18. The third kappa shape index (κ3) is 5.10. The van der Waals surface area contributed by atoms with Crippen molar-refractivity contribution in [3.8, 4) is 0 Å². The lowest BCUT2D eigenvalue weighted by atomic mass is 10.0. The first kappa shape index (κ1) is 16.5. The minimum absolute atomic E-state index is 0.400. The zero-order valence-corrected chi connectivity index (χ0v) is 13.5. The lowest BCUT2D eigenvalue weighted by Gasteiger charge is -2.30. The summed E-state index contributed by atoms with van der Waals surface area (Å²) in [5, 5.41) is 14.1. The molecule has 2 rings (SSSR count). The van der Waals surface area contributed by atoms with Gasteiger partial charge in [-0.25, -0.2) is 0 Å². The molecule has 118 valence electrons. The molecule has 1 unspecified atom stereocenters. The van der Waals surface area contributed by atoms with E-state index in [0.29, 0.717) is 6.04 Å². The molecule has 1 fully saturated rings. The minimum Gasteiger partial charge on any atom is -0.389 e. The zero-order chi connectivity index (χ0) is 15.1. The largest absolute Gasteiger partial charge is 0.389 e. The van der Waals surface area contributed by atoms with Gasteiger partial charge in [0.15, 0.2) is 0 Å². The van der Waals surface area contributed by atoms with Gasteiger partial charge >= 0.3 is 0 Å². The Balaban J connectivity index is 1.84. The van der Waals surface area contributed by atoms with Gasteiger partial charge in [0.05, 0.1) is 5.60 Å². The van der Waals surface area contributed by atoms with Crippen LogP contribution in [0.3, 0.4) is 0 Å². The molecule has 1 atom stereocenters. The average molecular weight is 290 g/mol. The molecule has 0 heterocycles. The van der Waals surface area contributed by atoms with E-state index in [9.17, 15) is 5.11 Å². The van der Waals surface area contributed by atoms with Crippen LogP contribution in [-0.2, 0) is 0 Å². The smallest absolute Gasteiger partial charge is 0.0774 e. The second-order valence-electron chi connectivity index (χ2n) is 6.48. The summed E-state index contributed by atoms with van der Waals surface area (Å²) < 4.78 is 0. The number of hydrogen-bond donors (Lipinski definition) is 2. The molecule has 21 heavy (non-hydrogen) atoms. The number of aliphatic hydroxyl groups is 1. The molecule has 0 aliphatic heterocycles. The minimum atomic E-state index is -0.435. The van der Waals surface area contributed by atoms with Crippen LogP contribution in [0.5, 0.6) is 0 Å². The van der Waals surface area contributed by atoms with Crippen LogP contribution in [0.15, 0.2) is 30.3 Å². The molecule has 1 saturated carbocycles. The van der Waals surface area contributed by atoms with Crippen LogP contribution in [-0.4, -0.2) is 42.3 Å². The number of rotatable bonds is 8. The van der Waals surface area contributed by atoms with Gasteiger partial charge in [-0.1, -0.05) is 50.1 Å². The molecule has 1 aliphatic rings. The molecule has 1 aliphatic carbocycles. The van der Waals surface area contributed by atoms with Gasteiger partial charge in [0.2, 0.25) is 0 Å². The highest BCUT2D eigenvalue weighted by Crippen LogP contribution is 2.30. The van der Waals surface area contributed by atoms with E-state index >= 15 is 0 Å². The van der Waals surface area contributed by atoms with E-state index in [1.54, 1.807) is 0 Å². The normalized spacial score (nSPS) is 19.0. The van der Waals surface area contributed by atoms with Crippen LogP contribution in [0, 0.1) is 0 Å². The predicted octanol–water partition coefficient (Wildman–Crippen LogP) is 2.96. The maximum absolute atomic E-state index is 10.5. The molecule has 2 N–H and O–H groups in total. The molecule has 3 heteroatoms. The standard InChI is InChI=1S/C18H30N2O/c1-3-19-17(16-9-5-4-6-10-16)11-14-20(2)15-18(21)12-7-8-13-18/h4-6,9-10,17,19,21H,3,7-8,11-15H2,1-2H3. The third-order valence-electron chi connectivity index (χ3n) is 4.55. The van der Waals surface area contributed by atoms with Crippen molar-refractivity contribution in [3.05, 3.63) is 35.9 Å². The summed E-state index contributed by atoms with van der Waals surface area (Å²) in [6.07, 6.45) is 5.35.